The van der Waals surface area contributed by atoms with Gasteiger partial charge in [0.25, 0.3) is 0 Å². The van der Waals surface area contributed by atoms with Crippen LogP contribution in [0.25, 0.3) is 0 Å². The first-order valence-electron chi connectivity index (χ1n) is 5.22. The van der Waals surface area contributed by atoms with Gasteiger partial charge in [0.1, 0.15) is 5.75 Å². The van der Waals surface area contributed by atoms with Gasteiger partial charge >= 0.3 is 0 Å². The monoisotopic (exact) mass is 280 g/mol. The molecular formula is C12H12N2O2S2. The summed E-state index contributed by atoms with van der Waals surface area (Å²) in [5.41, 5.74) is 0. The number of nitrogens with zero attached hydrogens (tertiary/aromatic N) is 1. The van der Waals surface area contributed by atoms with E-state index in [4.69, 9.17) is 4.74 Å². The van der Waals surface area contributed by atoms with E-state index in [1.54, 1.807) is 25.1 Å². The maximum atomic E-state index is 10.9. The average Bonchev–Trinajstić information content (AvgIpc) is 2.76. The smallest absolute Gasteiger partial charge is 0.223 e. The van der Waals surface area contributed by atoms with Crippen molar-refractivity contribution in [2.24, 2.45) is 0 Å². The molecule has 1 N–H and O–H groups in total. The van der Waals surface area contributed by atoms with E-state index in [2.05, 4.69) is 10.3 Å². The summed E-state index contributed by atoms with van der Waals surface area (Å²) in [7, 11) is 1.64. The van der Waals surface area contributed by atoms with Gasteiger partial charge in [-0.25, -0.2) is 4.98 Å². The van der Waals surface area contributed by atoms with Gasteiger partial charge in [0.2, 0.25) is 5.91 Å². The molecule has 2 aromatic rings. The van der Waals surface area contributed by atoms with Crippen molar-refractivity contribution in [3.8, 4) is 5.75 Å². The molecule has 1 amide bonds. The molecule has 0 saturated heterocycles. The van der Waals surface area contributed by atoms with Gasteiger partial charge in [-0.3, -0.25) is 4.79 Å². The fraction of sp³-hybridized carbons (Fsp3) is 0.167. The zero-order valence-corrected chi connectivity index (χ0v) is 11.6. The van der Waals surface area contributed by atoms with E-state index in [9.17, 15) is 4.79 Å². The number of aromatic nitrogens is 1. The van der Waals surface area contributed by atoms with E-state index in [0.717, 1.165) is 14.9 Å². The number of carbonyl (C=O) groups excluding carboxylic acids is 1. The third kappa shape index (κ3) is 3.48. The Morgan fingerprint density at radius 1 is 1.39 bits per heavy atom. The van der Waals surface area contributed by atoms with Crippen molar-refractivity contribution in [3.63, 3.8) is 0 Å². The number of methoxy groups -OCH3 is 1. The van der Waals surface area contributed by atoms with E-state index < -0.39 is 0 Å². The first-order valence-corrected chi connectivity index (χ1v) is 6.86. The molecule has 0 spiro atoms. The van der Waals surface area contributed by atoms with Gasteiger partial charge in [-0.1, -0.05) is 23.1 Å². The molecular weight excluding hydrogens is 268 g/mol. The van der Waals surface area contributed by atoms with Gasteiger partial charge in [-0.15, -0.1) is 0 Å². The number of anilines is 1. The van der Waals surface area contributed by atoms with Crippen LogP contribution in [0.1, 0.15) is 6.92 Å². The van der Waals surface area contributed by atoms with Crippen LogP contribution in [0.5, 0.6) is 5.75 Å². The average molecular weight is 280 g/mol. The van der Waals surface area contributed by atoms with Gasteiger partial charge in [-0.05, 0) is 24.3 Å². The molecule has 0 atom stereocenters. The second-order valence-corrected chi connectivity index (χ2v) is 5.85. The van der Waals surface area contributed by atoms with E-state index >= 15 is 0 Å². The molecule has 1 aromatic heterocycles. The highest BCUT2D eigenvalue weighted by Gasteiger charge is 2.05. The summed E-state index contributed by atoms with van der Waals surface area (Å²) < 4.78 is 6.13. The topological polar surface area (TPSA) is 51.2 Å². The maximum absolute atomic E-state index is 10.9. The molecule has 0 aliphatic carbocycles. The summed E-state index contributed by atoms with van der Waals surface area (Å²) >= 11 is 3.06. The minimum absolute atomic E-state index is 0.106. The van der Waals surface area contributed by atoms with E-state index in [0.29, 0.717) is 5.13 Å². The van der Waals surface area contributed by atoms with Crippen molar-refractivity contribution >= 4 is 34.1 Å². The first-order chi connectivity index (χ1) is 8.67. The van der Waals surface area contributed by atoms with Crippen LogP contribution < -0.4 is 10.1 Å². The predicted molar refractivity (Wildman–Crippen MR) is 73.5 cm³/mol. The van der Waals surface area contributed by atoms with Crippen LogP contribution >= 0.6 is 23.1 Å². The molecule has 0 unspecified atom stereocenters. The summed E-state index contributed by atoms with van der Waals surface area (Å²) in [5.74, 6) is 0.730. The molecule has 1 heterocycles. The Morgan fingerprint density at radius 2 is 2.11 bits per heavy atom. The fourth-order valence-corrected chi connectivity index (χ4v) is 3.17. The quantitative estimate of drug-likeness (QED) is 0.934. The number of carbonyl (C=O) groups is 1. The number of hydrogen-bond acceptors (Lipinski definition) is 5. The third-order valence-electron chi connectivity index (χ3n) is 2.05. The van der Waals surface area contributed by atoms with E-state index in [1.165, 1.54) is 18.3 Å². The van der Waals surface area contributed by atoms with E-state index in [-0.39, 0.29) is 5.91 Å². The van der Waals surface area contributed by atoms with Crippen LogP contribution in [0.2, 0.25) is 0 Å². The fourth-order valence-electron chi connectivity index (χ4n) is 1.27. The van der Waals surface area contributed by atoms with Gasteiger partial charge < -0.3 is 10.1 Å². The summed E-state index contributed by atoms with van der Waals surface area (Å²) in [6.07, 6.45) is 1.75. The Morgan fingerprint density at radius 3 is 2.72 bits per heavy atom. The number of rotatable bonds is 4. The van der Waals surface area contributed by atoms with Crippen molar-refractivity contribution in [1.29, 1.82) is 0 Å². The molecule has 0 bridgehead atoms. The first kappa shape index (κ1) is 12.9. The third-order valence-corrected chi connectivity index (χ3v) is 4.07. The zero-order chi connectivity index (χ0) is 13.0. The molecule has 0 aliphatic rings. The van der Waals surface area contributed by atoms with Crippen molar-refractivity contribution in [3.05, 3.63) is 30.5 Å². The Balaban J connectivity index is 2.03. The minimum Gasteiger partial charge on any atom is -0.497 e. The molecule has 0 aliphatic heterocycles. The molecule has 1 aromatic carbocycles. The molecule has 0 fully saturated rings. The van der Waals surface area contributed by atoms with Crippen LogP contribution in [0, 0.1) is 0 Å². The lowest BCUT2D eigenvalue weighted by atomic mass is 10.3. The van der Waals surface area contributed by atoms with Crippen LogP contribution in [-0.4, -0.2) is 18.0 Å². The number of amides is 1. The Bertz CT molecular complexity index is 537. The highest BCUT2D eigenvalue weighted by Crippen LogP contribution is 2.34. The Labute approximate surface area is 113 Å². The SMILES string of the molecule is COc1ccc(Sc2cnc(NC(C)=O)s2)cc1. The van der Waals surface area contributed by atoms with Crippen molar-refractivity contribution < 1.29 is 9.53 Å². The van der Waals surface area contributed by atoms with Crippen molar-refractivity contribution in [1.82, 2.24) is 4.98 Å². The van der Waals surface area contributed by atoms with Crippen molar-refractivity contribution in [2.75, 3.05) is 12.4 Å². The standard InChI is InChI=1S/C12H12N2O2S2/c1-8(15)14-12-13-7-11(18-12)17-10-5-3-9(16-2)4-6-10/h3-7H,1-2H3,(H,13,14,15). The van der Waals surface area contributed by atoms with Crippen LogP contribution in [0.4, 0.5) is 5.13 Å². The highest BCUT2D eigenvalue weighted by molar-refractivity contribution is 8.01. The second kappa shape index (κ2) is 5.88. The van der Waals surface area contributed by atoms with Gasteiger partial charge in [0.05, 0.1) is 17.5 Å². The Hall–Kier alpha value is -1.53. The lowest BCUT2D eigenvalue weighted by molar-refractivity contribution is -0.114. The minimum atomic E-state index is -0.106. The Kier molecular flexibility index (Phi) is 4.22. The molecule has 6 heteroatoms. The zero-order valence-electron chi connectivity index (χ0n) is 9.97. The van der Waals surface area contributed by atoms with Gasteiger partial charge in [0, 0.05) is 11.8 Å². The second-order valence-electron chi connectivity index (χ2n) is 3.44. The summed E-state index contributed by atoms with van der Waals surface area (Å²) in [6, 6.07) is 7.80. The summed E-state index contributed by atoms with van der Waals surface area (Å²) in [5, 5.41) is 3.29. The van der Waals surface area contributed by atoms with Gasteiger partial charge in [0.15, 0.2) is 5.13 Å². The number of benzene rings is 1. The lowest BCUT2D eigenvalue weighted by Gasteiger charge is -2.01. The predicted octanol–water partition coefficient (Wildman–Crippen LogP) is 3.26. The lowest BCUT2D eigenvalue weighted by Crippen LogP contribution is -2.04. The van der Waals surface area contributed by atoms with Crippen molar-refractivity contribution in [2.45, 2.75) is 16.0 Å². The van der Waals surface area contributed by atoms with Crippen LogP contribution in [0.3, 0.4) is 0 Å². The molecule has 0 saturated carbocycles. The van der Waals surface area contributed by atoms with Crippen LogP contribution in [-0.2, 0) is 4.79 Å². The number of hydrogen-bond donors (Lipinski definition) is 1. The largest absolute Gasteiger partial charge is 0.497 e. The summed E-state index contributed by atoms with van der Waals surface area (Å²) in [4.78, 5) is 16.1. The maximum Gasteiger partial charge on any atom is 0.223 e. The molecule has 0 radical (unpaired) electrons. The van der Waals surface area contributed by atoms with E-state index in [1.807, 2.05) is 24.3 Å². The normalized spacial score (nSPS) is 10.1. The number of nitrogens with one attached hydrogen (secondary N) is 1. The molecule has 2 rings (SSSR count). The number of ether oxygens (including phenoxy) is 1. The van der Waals surface area contributed by atoms with Crippen LogP contribution in [0.15, 0.2) is 39.6 Å². The number of thiazole rings is 1. The molecule has 4 nitrogen and oxygen atoms in total. The summed E-state index contributed by atoms with van der Waals surface area (Å²) in [6.45, 7) is 1.47. The molecule has 94 valence electrons. The van der Waals surface area contributed by atoms with Gasteiger partial charge in [-0.2, -0.15) is 0 Å². The molecule has 18 heavy (non-hydrogen) atoms. The highest BCUT2D eigenvalue weighted by atomic mass is 32.2.